The predicted molar refractivity (Wildman–Crippen MR) is 131 cm³/mol. The SMILES string of the molecule is CCN1C(=O)/C(=C\c2ccc(OC)cc2C)SC1=Nc1cccc(C(=O)N2CCOCC2)c1. The minimum atomic E-state index is -0.0722. The lowest BCUT2D eigenvalue weighted by atomic mass is 10.1. The van der Waals surface area contributed by atoms with E-state index in [1.165, 1.54) is 11.8 Å². The van der Waals surface area contributed by atoms with Crippen molar-refractivity contribution in [3.8, 4) is 5.75 Å². The molecule has 7 nitrogen and oxygen atoms in total. The normalized spacial score (nSPS) is 18.9. The van der Waals surface area contributed by atoms with E-state index in [4.69, 9.17) is 14.5 Å². The third-order valence-electron chi connectivity index (χ3n) is 5.58. The van der Waals surface area contributed by atoms with E-state index in [1.807, 2.05) is 50.3 Å². The van der Waals surface area contributed by atoms with E-state index in [-0.39, 0.29) is 11.8 Å². The van der Waals surface area contributed by atoms with Crippen LogP contribution in [-0.2, 0) is 9.53 Å². The fourth-order valence-electron chi connectivity index (χ4n) is 3.72. The van der Waals surface area contributed by atoms with Gasteiger partial charge in [-0.15, -0.1) is 0 Å². The van der Waals surface area contributed by atoms with E-state index in [1.54, 1.807) is 29.0 Å². The molecule has 2 heterocycles. The van der Waals surface area contributed by atoms with Crippen molar-refractivity contribution in [2.45, 2.75) is 13.8 Å². The first-order chi connectivity index (χ1) is 16.0. The van der Waals surface area contributed by atoms with Gasteiger partial charge in [0.15, 0.2) is 5.17 Å². The highest BCUT2D eigenvalue weighted by molar-refractivity contribution is 8.18. The lowest BCUT2D eigenvalue weighted by Crippen LogP contribution is -2.40. The van der Waals surface area contributed by atoms with Crippen LogP contribution in [0.15, 0.2) is 52.4 Å². The highest BCUT2D eigenvalue weighted by Crippen LogP contribution is 2.35. The van der Waals surface area contributed by atoms with Crippen molar-refractivity contribution in [3.05, 3.63) is 64.1 Å². The zero-order valence-electron chi connectivity index (χ0n) is 19.0. The van der Waals surface area contributed by atoms with Crippen LogP contribution < -0.4 is 4.74 Å². The number of aryl methyl sites for hydroxylation is 1. The number of likely N-dealkylation sites (N-methyl/N-ethyl adjacent to an activating group) is 1. The third-order valence-corrected chi connectivity index (χ3v) is 6.59. The molecule has 33 heavy (non-hydrogen) atoms. The standard InChI is InChI=1S/C25H27N3O4S/c1-4-28-24(30)22(16-18-8-9-21(31-3)14-17(18)2)33-25(28)26-20-7-5-6-19(15-20)23(29)27-10-12-32-13-11-27/h5-9,14-16H,4,10-13H2,1-3H3/b22-16+,26-25?. The van der Waals surface area contributed by atoms with Gasteiger partial charge in [-0.05, 0) is 73.1 Å². The van der Waals surface area contributed by atoms with Crippen LogP contribution in [0.5, 0.6) is 5.75 Å². The Morgan fingerprint density at radius 3 is 2.70 bits per heavy atom. The van der Waals surface area contributed by atoms with Crippen molar-refractivity contribution >= 4 is 40.5 Å². The molecule has 0 radical (unpaired) electrons. The van der Waals surface area contributed by atoms with E-state index in [0.717, 1.165) is 16.9 Å². The van der Waals surface area contributed by atoms with Crippen LogP contribution >= 0.6 is 11.8 Å². The van der Waals surface area contributed by atoms with E-state index >= 15 is 0 Å². The van der Waals surface area contributed by atoms with Gasteiger partial charge in [-0.2, -0.15) is 0 Å². The summed E-state index contributed by atoms with van der Waals surface area (Å²) in [6.45, 7) is 6.71. The summed E-state index contributed by atoms with van der Waals surface area (Å²) < 4.78 is 10.6. The summed E-state index contributed by atoms with van der Waals surface area (Å²) in [5.41, 5.74) is 3.21. The monoisotopic (exact) mass is 465 g/mol. The molecule has 0 aromatic heterocycles. The van der Waals surface area contributed by atoms with Crippen molar-refractivity contribution in [2.24, 2.45) is 4.99 Å². The van der Waals surface area contributed by atoms with Gasteiger partial charge in [-0.25, -0.2) is 4.99 Å². The molecule has 8 heteroatoms. The number of hydrogen-bond acceptors (Lipinski definition) is 6. The molecule has 172 valence electrons. The molecule has 0 N–H and O–H groups in total. The molecule has 2 fully saturated rings. The van der Waals surface area contributed by atoms with Crippen LogP contribution in [-0.4, -0.2) is 66.7 Å². The number of methoxy groups -OCH3 is 1. The Morgan fingerprint density at radius 2 is 2.00 bits per heavy atom. The average molecular weight is 466 g/mol. The maximum absolute atomic E-state index is 13.0. The summed E-state index contributed by atoms with van der Waals surface area (Å²) in [6.07, 6.45) is 1.89. The van der Waals surface area contributed by atoms with Crippen LogP contribution in [0.2, 0.25) is 0 Å². The molecule has 2 amide bonds. The van der Waals surface area contributed by atoms with Gasteiger partial charge in [0.25, 0.3) is 11.8 Å². The van der Waals surface area contributed by atoms with Gasteiger partial charge in [-0.1, -0.05) is 12.1 Å². The second-order valence-electron chi connectivity index (χ2n) is 7.73. The van der Waals surface area contributed by atoms with Gasteiger partial charge in [-0.3, -0.25) is 14.5 Å². The first-order valence-corrected chi connectivity index (χ1v) is 11.7. The zero-order chi connectivity index (χ0) is 23.4. The Balaban J connectivity index is 1.59. The summed E-state index contributed by atoms with van der Waals surface area (Å²) in [5, 5.41) is 0.607. The number of rotatable bonds is 5. The number of nitrogens with zero attached hydrogens (tertiary/aromatic N) is 3. The van der Waals surface area contributed by atoms with Crippen molar-refractivity contribution in [2.75, 3.05) is 40.0 Å². The maximum Gasteiger partial charge on any atom is 0.266 e. The molecule has 0 aliphatic carbocycles. The van der Waals surface area contributed by atoms with E-state index in [0.29, 0.717) is 54.2 Å². The number of ether oxygens (including phenoxy) is 2. The lowest BCUT2D eigenvalue weighted by molar-refractivity contribution is -0.122. The van der Waals surface area contributed by atoms with Crippen LogP contribution in [0.1, 0.15) is 28.4 Å². The Morgan fingerprint density at radius 1 is 1.21 bits per heavy atom. The molecular weight excluding hydrogens is 438 g/mol. The highest BCUT2D eigenvalue weighted by atomic mass is 32.2. The van der Waals surface area contributed by atoms with Crippen molar-refractivity contribution in [1.82, 2.24) is 9.80 Å². The molecule has 0 spiro atoms. The van der Waals surface area contributed by atoms with E-state index in [9.17, 15) is 9.59 Å². The van der Waals surface area contributed by atoms with Crippen molar-refractivity contribution < 1.29 is 19.1 Å². The molecule has 2 aromatic rings. The number of aliphatic imine (C=N–C) groups is 1. The van der Waals surface area contributed by atoms with Gasteiger partial charge < -0.3 is 14.4 Å². The van der Waals surface area contributed by atoms with Gasteiger partial charge >= 0.3 is 0 Å². The quantitative estimate of drug-likeness (QED) is 0.622. The Labute approximate surface area is 198 Å². The predicted octanol–water partition coefficient (Wildman–Crippen LogP) is 4.10. The fraction of sp³-hybridized carbons (Fsp3) is 0.320. The second kappa shape index (κ2) is 10.2. The average Bonchev–Trinajstić information content (AvgIpc) is 3.14. The number of amidine groups is 1. The zero-order valence-corrected chi connectivity index (χ0v) is 19.9. The van der Waals surface area contributed by atoms with E-state index < -0.39 is 0 Å². The number of hydrogen-bond donors (Lipinski definition) is 0. The first-order valence-electron chi connectivity index (χ1n) is 10.9. The lowest BCUT2D eigenvalue weighted by Gasteiger charge is -2.26. The summed E-state index contributed by atoms with van der Waals surface area (Å²) in [5.74, 6) is 0.680. The van der Waals surface area contributed by atoms with Crippen molar-refractivity contribution in [3.63, 3.8) is 0 Å². The number of carbonyl (C=O) groups excluding carboxylic acids is 2. The van der Waals surface area contributed by atoms with Gasteiger partial charge in [0.05, 0.1) is 30.9 Å². The fourth-order valence-corrected chi connectivity index (χ4v) is 4.77. The number of benzene rings is 2. The van der Waals surface area contributed by atoms with Crippen LogP contribution in [0.3, 0.4) is 0 Å². The van der Waals surface area contributed by atoms with E-state index in [2.05, 4.69) is 0 Å². The van der Waals surface area contributed by atoms with Gasteiger partial charge in [0.1, 0.15) is 5.75 Å². The summed E-state index contributed by atoms with van der Waals surface area (Å²) in [6, 6.07) is 13.0. The molecule has 2 saturated heterocycles. The molecule has 0 saturated carbocycles. The highest BCUT2D eigenvalue weighted by Gasteiger charge is 2.32. The molecule has 2 aliphatic heterocycles. The molecule has 0 atom stereocenters. The summed E-state index contributed by atoms with van der Waals surface area (Å²) >= 11 is 1.35. The minimum absolute atomic E-state index is 0.0292. The summed E-state index contributed by atoms with van der Waals surface area (Å²) in [4.78, 5) is 34.6. The van der Waals surface area contributed by atoms with Crippen LogP contribution in [0, 0.1) is 6.92 Å². The Kier molecular flexibility index (Phi) is 7.15. The topological polar surface area (TPSA) is 71.4 Å². The third kappa shape index (κ3) is 5.12. The Hall–Kier alpha value is -3.10. The molecular formula is C25H27N3O4S. The number of thioether (sulfide) groups is 1. The summed E-state index contributed by atoms with van der Waals surface area (Å²) in [7, 11) is 1.63. The smallest absolute Gasteiger partial charge is 0.266 e. The minimum Gasteiger partial charge on any atom is -0.497 e. The maximum atomic E-state index is 13.0. The molecule has 0 bridgehead atoms. The first kappa shape index (κ1) is 23.1. The molecule has 4 rings (SSSR count). The molecule has 0 unspecified atom stereocenters. The van der Waals surface area contributed by atoms with Crippen LogP contribution in [0.25, 0.3) is 6.08 Å². The Bertz CT molecular complexity index is 1120. The van der Waals surface area contributed by atoms with Crippen molar-refractivity contribution in [1.29, 1.82) is 0 Å². The van der Waals surface area contributed by atoms with Gasteiger partial charge in [0, 0.05) is 25.2 Å². The number of carbonyl (C=O) groups is 2. The number of amides is 2. The largest absolute Gasteiger partial charge is 0.497 e. The second-order valence-corrected chi connectivity index (χ2v) is 8.74. The van der Waals surface area contributed by atoms with Gasteiger partial charge in [0.2, 0.25) is 0 Å². The number of morpholine rings is 1. The van der Waals surface area contributed by atoms with Crippen LogP contribution in [0.4, 0.5) is 5.69 Å². The molecule has 2 aliphatic rings. The molecule has 2 aromatic carbocycles.